The van der Waals surface area contributed by atoms with Gasteiger partial charge in [0.25, 0.3) is 0 Å². The summed E-state index contributed by atoms with van der Waals surface area (Å²) in [5.41, 5.74) is 0. The zero-order valence-electron chi connectivity index (χ0n) is 8.27. The molecule has 0 N–H and O–H groups in total. The van der Waals surface area contributed by atoms with Gasteiger partial charge in [0.2, 0.25) is 0 Å². The van der Waals surface area contributed by atoms with Gasteiger partial charge in [0.05, 0.1) is 5.13 Å². The minimum Gasteiger partial charge on any atom is -0.405 e. The fraction of sp³-hybridized carbons (Fsp3) is 0.222. The van der Waals surface area contributed by atoms with Crippen LogP contribution in [0.15, 0.2) is 5.82 Å². The third kappa shape index (κ3) is 4.06. The van der Waals surface area contributed by atoms with Crippen LogP contribution in [0.2, 0.25) is 0 Å². The maximum absolute atomic E-state index is 6.70. The molecule has 72 valence electrons. The zero-order valence-corrected chi connectivity index (χ0v) is 13.3. The van der Waals surface area contributed by atoms with Crippen LogP contribution in [0.25, 0.3) is 15.8 Å². The summed E-state index contributed by atoms with van der Waals surface area (Å²) in [7, 11) is 3.76. The molecule has 1 aromatic heterocycles. The summed E-state index contributed by atoms with van der Waals surface area (Å²) in [5, 5.41) is 0.811. The summed E-state index contributed by atoms with van der Waals surface area (Å²) < 4.78 is 0. The molecule has 1 aromatic rings. The van der Waals surface area contributed by atoms with E-state index in [-0.39, 0.29) is 36.9 Å². The molecule has 0 saturated carbocycles. The molecule has 0 amide bonds. The Bertz CT molecular complexity index is 420. The van der Waals surface area contributed by atoms with Gasteiger partial charge in [-0.15, -0.1) is 0 Å². The molecule has 0 aliphatic rings. The van der Waals surface area contributed by atoms with Crippen molar-refractivity contribution in [1.29, 1.82) is 0 Å². The van der Waals surface area contributed by atoms with E-state index in [1.54, 1.807) is 0 Å². The molecule has 0 atom stereocenters. The molecule has 0 fully saturated rings. The number of hydrogen-bond acceptors (Lipinski definition) is 3. The Morgan fingerprint density at radius 3 is 2.47 bits per heavy atom. The maximum Gasteiger partial charge on any atom is 2.00 e. The summed E-state index contributed by atoms with van der Waals surface area (Å²) in [4.78, 5) is 12.7. The van der Waals surface area contributed by atoms with E-state index in [1.807, 2.05) is 19.0 Å². The minimum absolute atomic E-state index is 0. The molecular weight excluding hydrogens is 434 g/mol. The van der Waals surface area contributed by atoms with Crippen molar-refractivity contribution in [2.75, 3.05) is 19.0 Å². The average Bonchev–Trinajstić information content (AvgIpc) is 2.62. The van der Waals surface area contributed by atoms with Crippen molar-refractivity contribution in [3.63, 3.8) is 0 Å². The zero-order chi connectivity index (χ0) is 10.6. The topological polar surface area (TPSA) is 24.9 Å². The van der Waals surface area contributed by atoms with Crippen molar-refractivity contribution in [3.05, 3.63) is 39.7 Å². The first-order valence-electron chi connectivity index (χ1n) is 3.70. The average molecular weight is 441 g/mol. The molecule has 0 aliphatic heterocycles. The van der Waals surface area contributed by atoms with Crippen LogP contribution >= 0.6 is 11.3 Å². The van der Waals surface area contributed by atoms with Gasteiger partial charge in [-0.3, -0.25) is 0 Å². The van der Waals surface area contributed by atoms with Gasteiger partial charge in [-0.1, -0.05) is 17.2 Å². The maximum atomic E-state index is 6.70. The molecule has 0 unspecified atom stereocenters. The van der Waals surface area contributed by atoms with Crippen LogP contribution in [0.1, 0.15) is 4.88 Å². The summed E-state index contributed by atoms with van der Waals surface area (Å²) in [6.45, 7) is 13.4. The Balaban J connectivity index is 0.00000196. The molecule has 0 saturated heterocycles. The Morgan fingerprint density at radius 2 is 2.07 bits per heavy atom. The van der Waals surface area contributed by atoms with Crippen LogP contribution in [0.3, 0.4) is 0 Å². The van der Waals surface area contributed by atoms with E-state index in [4.69, 9.17) is 13.1 Å². The third-order valence-electron chi connectivity index (χ3n) is 1.33. The Morgan fingerprint density at radius 1 is 1.47 bits per heavy atom. The second-order valence-electron chi connectivity index (χ2n) is 2.59. The first kappa shape index (κ1) is 14.2. The monoisotopic (exact) mass is 441 g/mol. The number of nitrogens with zero attached hydrogens (tertiary/aromatic N) is 4. The quantitative estimate of drug-likeness (QED) is 0.658. The van der Waals surface area contributed by atoms with Crippen LogP contribution in [0.5, 0.6) is 0 Å². The van der Waals surface area contributed by atoms with E-state index in [2.05, 4.69) is 20.9 Å². The van der Waals surface area contributed by atoms with Gasteiger partial charge in [0, 0.05) is 0 Å². The van der Waals surface area contributed by atoms with Gasteiger partial charge < -0.3 is 9.88 Å². The fourth-order valence-electron chi connectivity index (χ4n) is 0.707. The number of aromatic nitrogens is 1. The van der Waals surface area contributed by atoms with E-state index in [0.29, 0.717) is 4.88 Å². The Kier molecular flexibility index (Phi) is 6.29. The number of hydrogen-bond donors (Lipinski definition) is 0. The van der Waals surface area contributed by atoms with Crippen LogP contribution in [-0.4, -0.2) is 19.1 Å². The van der Waals surface area contributed by atoms with Crippen molar-refractivity contribution in [3.8, 4) is 0 Å². The molecule has 6 heteroatoms. The van der Waals surface area contributed by atoms with E-state index in [0.717, 1.165) is 5.13 Å². The first-order valence-corrected chi connectivity index (χ1v) is 4.51. The second kappa shape index (κ2) is 6.64. The Hall–Kier alpha value is -0.798. The van der Waals surface area contributed by atoms with Crippen LogP contribution in [0.4, 0.5) is 5.13 Å². The standard InChI is InChI=1S/C9H7N4S.U/c1-10-8(11-2)5-7-6-12-9(14-7)13(3)4;/h5H,3-4H3;/q-1;+2. The van der Waals surface area contributed by atoms with Gasteiger partial charge in [0.1, 0.15) is 13.1 Å². The largest absolute Gasteiger partial charge is 2.00 e. The third-order valence-corrected chi connectivity index (χ3v) is 2.40. The van der Waals surface area contributed by atoms with Gasteiger partial charge in [-0.05, 0) is 14.1 Å². The van der Waals surface area contributed by atoms with E-state index >= 15 is 0 Å². The fourth-order valence-corrected chi connectivity index (χ4v) is 1.43. The molecule has 15 heavy (non-hydrogen) atoms. The molecule has 0 bridgehead atoms. The molecule has 0 aliphatic carbocycles. The van der Waals surface area contributed by atoms with Gasteiger partial charge in [0.15, 0.2) is 0 Å². The molecule has 0 spiro atoms. The molecular formula is C9H7N4SU+. The molecule has 0 aromatic carbocycles. The predicted molar refractivity (Wildman–Crippen MR) is 56.5 cm³/mol. The van der Waals surface area contributed by atoms with Crippen molar-refractivity contribution >= 4 is 22.5 Å². The summed E-state index contributed by atoms with van der Waals surface area (Å²) in [6, 6.07) is 0. The molecule has 1 heterocycles. The van der Waals surface area contributed by atoms with Crippen molar-refractivity contribution < 1.29 is 31.1 Å². The summed E-state index contributed by atoms with van der Waals surface area (Å²) in [5.74, 6) is 0.0372. The SMILES string of the molecule is [C-]#[N+]C(=Cc1[c-]nc(N(C)C)s1)[N+]#[C-].[U+2]. The Labute approximate surface area is 117 Å². The number of thiazole rings is 1. The van der Waals surface area contributed by atoms with Crippen LogP contribution < -0.4 is 4.90 Å². The van der Waals surface area contributed by atoms with Crippen molar-refractivity contribution in [1.82, 2.24) is 4.98 Å². The molecule has 4 nitrogen and oxygen atoms in total. The summed E-state index contributed by atoms with van der Waals surface area (Å²) >= 11 is 1.40. The minimum atomic E-state index is 0. The second-order valence-corrected chi connectivity index (χ2v) is 3.60. The van der Waals surface area contributed by atoms with Crippen molar-refractivity contribution in [2.45, 2.75) is 0 Å². The number of rotatable bonds is 2. The van der Waals surface area contributed by atoms with E-state index in [9.17, 15) is 0 Å². The summed E-state index contributed by atoms with van der Waals surface area (Å²) in [6.07, 6.45) is 4.24. The van der Waals surface area contributed by atoms with E-state index < -0.39 is 0 Å². The van der Waals surface area contributed by atoms with Gasteiger partial charge in [-0.2, -0.15) is 21.0 Å². The number of anilines is 1. The molecule has 1 rings (SSSR count). The normalized spacial score (nSPS) is 8.00. The van der Waals surface area contributed by atoms with E-state index in [1.165, 1.54) is 17.4 Å². The molecule has 0 radical (unpaired) electrons. The van der Waals surface area contributed by atoms with Crippen LogP contribution in [0, 0.1) is 50.5 Å². The van der Waals surface area contributed by atoms with Crippen molar-refractivity contribution in [2.24, 2.45) is 0 Å². The van der Waals surface area contributed by atoms with Gasteiger partial charge in [-0.25, -0.2) is 0 Å². The predicted octanol–water partition coefficient (Wildman–Crippen LogP) is 2.15. The van der Waals surface area contributed by atoms with Crippen LogP contribution in [-0.2, 0) is 0 Å². The smallest absolute Gasteiger partial charge is 0.405 e. The van der Waals surface area contributed by atoms with Gasteiger partial charge >= 0.3 is 36.9 Å². The first-order chi connectivity index (χ1) is 6.67.